The summed E-state index contributed by atoms with van der Waals surface area (Å²) in [4.78, 5) is 0.755. The van der Waals surface area contributed by atoms with Crippen LogP contribution in [0.3, 0.4) is 0 Å². The second-order valence-corrected chi connectivity index (χ2v) is 6.28. The molecule has 1 aromatic heterocycles. The number of thiocarbonyl (C=S) groups is 1. The van der Waals surface area contributed by atoms with Gasteiger partial charge in [0, 0.05) is 30.2 Å². The number of aryl methyl sites for hydroxylation is 2. The lowest BCUT2D eigenvalue weighted by molar-refractivity contribution is 0.918. The molecule has 0 bridgehead atoms. The summed E-state index contributed by atoms with van der Waals surface area (Å²) < 4.78 is 2.00. The van der Waals surface area contributed by atoms with Crippen LogP contribution in [0.15, 0.2) is 60.8 Å². The molecule has 23 heavy (non-hydrogen) atoms. The molecule has 0 aliphatic heterocycles. The van der Waals surface area contributed by atoms with E-state index in [4.69, 9.17) is 23.8 Å². The number of rotatable bonds is 4. The number of nitrogens with zero attached hydrogens (tertiary/aromatic N) is 1. The summed E-state index contributed by atoms with van der Waals surface area (Å²) in [7, 11) is 1.98. The van der Waals surface area contributed by atoms with Crippen molar-refractivity contribution in [3.05, 3.63) is 82.6 Å². The van der Waals surface area contributed by atoms with Gasteiger partial charge in [-0.3, -0.25) is 0 Å². The number of hydrogen-bond donors (Lipinski definition) is 1. The molecular weight excluding hydrogens is 324 g/mol. The minimum atomic E-state index is 0.648. The van der Waals surface area contributed by atoms with Crippen molar-refractivity contribution < 1.29 is 0 Å². The van der Waals surface area contributed by atoms with Crippen LogP contribution in [0.5, 0.6) is 0 Å². The molecule has 0 spiro atoms. The zero-order valence-corrected chi connectivity index (χ0v) is 14.6. The average molecular weight is 341 g/mol. The van der Waals surface area contributed by atoms with Gasteiger partial charge in [0.15, 0.2) is 0 Å². The third-order valence-corrected chi connectivity index (χ3v) is 4.56. The molecule has 1 heterocycles. The molecule has 3 aromatic rings. The average Bonchev–Trinajstić information content (AvgIpc) is 2.95. The second kappa shape index (κ2) is 6.57. The van der Waals surface area contributed by atoms with Gasteiger partial charge in [0.2, 0.25) is 0 Å². The summed E-state index contributed by atoms with van der Waals surface area (Å²) >= 11 is 12.0. The highest BCUT2D eigenvalue weighted by Crippen LogP contribution is 2.27. The van der Waals surface area contributed by atoms with Crippen molar-refractivity contribution in [2.45, 2.75) is 6.92 Å². The molecule has 0 atom stereocenters. The smallest absolute Gasteiger partial charge is 0.0701 e. The Bertz CT molecular complexity index is 867. The Morgan fingerprint density at radius 2 is 1.87 bits per heavy atom. The molecule has 0 saturated heterocycles. The van der Waals surface area contributed by atoms with Crippen molar-refractivity contribution in [2.75, 3.05) is 5.32 Å². The number of benzene rings is 2. The SMILES string of the molecule is Cc1ccccc1Nc1ccc(C(=S)c2cccn2C)c(Cl)c1. The van der Waals surface area contributed by atoms with Gasteiger partial charge in [0.1, 0.15) is 0 Å². The van der Waals surface area contributed by atoms with E-state index in [9.17, 15) is 0 Å². The van der Waals surface area contributed by atoms with E-state index in [-0.39, 0.29) is 0 Å². The number of aromatic nitrogens is 1. The fourth-order valence-electron chi connectivity index (χ4n) is 2.48. The highest BCUT2D eigenvalue weighted by atomic mass is 35.5. The Balaban J connectivity index is 1.88. The van der Waals surface area contributed by atoms with Gasteiger partial charge in [-0.2, -0.15) is 0 Å². The van der Waals surface area contributed by atoms with Gasteiger partial charge >= 0.3 is 0 Å². The van der Waals surface area contributed by atoms with Crippen LogP contribution in [0.25, 0.3) is 0 Å². The summed E-state index contributed by atoms with van der Waals surface area (Å²) in [6.45, 7) is 2.07. The molecule has 0 radical (unpaired) electrons. The fourth-order valence-corrected chi connectivity index (χ4v) is 3.20. The van der Waals surface area contributed by atoms with E-state index in [2.05, 4.69) is 18.3 Å². The Labute approximate surface area is 146 Å². The van der Waals surface area contributed by atoms with Crippen LogP contribution >= 0.6 is 23.8 Å². The van der Waals surface area contributed by atoms with E-state index in [1.165, 1.54) is 5.56 Å². The third kappa shape index (κ3) is 3.31. The molecule has 116 valence electrons. The number of anilines is 2. The topological polar surface area (TPSA) is 17.0 Å². The second-order valence-electron chi connectivity index (χ2n) is 5.47. The van der Waals surface area contributed by atoms with Crippen LogP contribution < -0.4 is 5.32 Å². The fraction of sp³-hybridized carbons (Fsp3) is 0.105. The van der Waals surface area contributed by atoms with Crippen molar-refractivity contribution in [1.29, 1.82) is 0 Å². The normalized spacial score (nSPS) is 10.6. The van der Waals surface area contributed by atoms with E-state index in [0.29, 0.717) is 5.02 Å². The molecule has 1 N–H and O–H groups in total. The molecule has 0 aliphatic carbocycles. The molecule has 0 unspecified atom stereocenters. The van der Waals surface area contributed by atoms with Gasteiger partial charge in [-0.25, -0.2) is 0 Å². The minimum absolute atomic E-state index is 0.648. The van der Waals surface area contributed by atoms with Crippen molar-refractivity contribution in [2.24, 2.45) is 7.05 Å². The van der Waals surface area contributed by atoms with Gasteiger partial charge in [0.25, 0.3) is 0 Å². The van der Waals surface area contributed by atoms with Gasteiger partial charge in [-0.05, 0) is 48.9 Å². The van der Waals surface area contributed by atoms with E-state index < -0.39 is 0 Å². The van der Waals surface area contributed by atoms with E-state index in [1.807, 2.05) is 66.3 Å². The van der Waals surface area contributed by atoms with Crippen molar-refractivity contribution in [3.8, 4) is 0 Å². The summed E-state index contributed by atoms with van der Waals surface area (Å²) in [5.74, 6) is 0. The van der Waals surface area contributed by atoms with Crippen molar-refractivity contribution >= 4 is 40.1 Å². The maximum atomic E-state index is 6.46. The lowest BCUT2D eigenvalue weighted by Crippen LogP contribution is -2.06. The van der Waals surface area contributed by atoms with Gasteiger partial charge in [-0.15, -0.1) is 0 Å². The summed E-state index contributed by atoms with van der Waals surface area (Å²) in [6.07, 6.45) is 1.98. The number of para-hydroxylation sites is 1. The van der Waals surface area contributed by atoms with E-state index in [0.717, 1.165) is 27.5 Å². The van der Waals surface area contributed by atoms with Crippen LogP contribution in [0, 0.1) is 6.92 Å². The van der Waals surface area contributed by atoms with Crippen LogP contribution in [0.2, 0.25) is 5.02 Å². The van der Waals surface area contributed by atoms with E-state index >= 15 is 0 Å². The first kappa shape index (κ1) is 15.8. The maximum absolute atomic E-state index is 6.46. The van der Waals surface area contributed by atoms with E-state index in [1.54, 1.807) is 0 Å². The first-order valence-electron chi connectivity index (χ1n) is 7.34. The molecule has 0 aliphatic rings. The van der Waals surface area contributed by atoms with Gasteiger partial charge < -0.3 is 9.88 Å². The molecule has 2 nitrogen and oxygen atoms in total. The third-order valence-electron chi connectivity index (χ3n) is 3.81. The summed E-state index contributed by atoms with van der Waals surface area (Å²) in [5, 5.41) is 4.04. The highest BCUT2D eigenvalue weighted by molar-refractivity contribution is 7.81. The van der Waals surface area contributed by atoms with Gasteiger partial charge in [-0.1, -0.05) is 42.0 Å². The Morgan fingerprint density at radius 3 is 2.52 bits per heavy atom. The predicted molar refractivity (Wildman–Crippen MR) is 102 cm³/mol. The van der Waals surface area contributed by atoms with Crippen LogP contribution in [-0.4, -0.2) is 9.43 Å². The lowest BCUT2D eigenvalue weighted by Gasteiger charge is -2.12. The predicted octanol–water partition coefficient (Wildman–Crippen LogP) is 5.50. The van der Waals surface area contributed by atoms with Crippen molar-refractivity contribution in [1.82, 2.24) is 4.57 Å². The molecular formula is C19H17ClN2S. The Hall–Kier alpha value is -2.10. The first-order chi connectivity index (χ1) is 11.1. The zero-order valence-electron chi connectivity index (χ0n) is 13.0. The monoisotopic (exact) mass is 340 g/mol. The highest BCUT2D eigenvalue weighted by Gasteiger charge is 2.12. The maximum Gasteiger partial charge on any atom is 0.0701 e. The van der Waals surface area contributed by atoms with Crippen molar-refractivity contribution in [3.63, 3.8) is 0 Å². The standard InChI is InChI=1S/C19H17ClN2S/c1-13-6-3-4-7-17(13)21-14-9-10-15(16(20)12-14)19(23)18-8-5-11-22(18)2/h3-12,21H,1-2H3. The molecule has 0 fully saturated rings. The minimum Gasteiger partial charge on any atom is -0.355 e. The van der Waals surface area contributed by atoms with Crippen LogP contribution in [-0.2, 0) is 7.05 Å². The summed E-state index contributed by atoms with van der Waals surface area (Å²) in [5.41, 5.74) is 5.07. The molecule has 4 heteroatoms. The molecule has 0 saturated carbocycles. The zero-order chi connectivity index (χ0) is 16.4. The first-order valence-corrected chi connectivity index (χ1v) is 8.13. The quantitative estimate of drug-likeness (QED) is 0.499. The number of nitrogens with one attached hydrogen (secondary N) is 1. The van der Waals surface area contributed by atoms with Crippen LogP contribution in [0.4, 0.5) is 11.4 Å². The Morgan fingerprint density at radius 1 is 1.09 bits per heavy atom. The number of halogens is 1. The Kier molecular flexibility index (Phi) is 4.51. The lowest BCUT2D eigenvalue weighted by atomic mass is 10.1. The molecule has 3 rings (SSSR count). The molecule has 2 aromatic carbocycles. The largest absolute Gasteiger partial charge is 0.355 e. The van der Waals surface area contributed by atoms with Gasteiger partial charge in [0.05, 0.1) is 15.6 Å². The molecule has 0 amide bonds. The number of hydrogen-bond acceptors (Lipinski definition) is 2. The van der Waals surface area contributed by atoms with Crippen LogP contribution in [0.1, 0.15) is 16.8 Å². The summed E-state index contributed by atoms with van der Waals surface area (Å²) in [6, 6.07) is 18.0.